The summed E-state index contributed by atoms with van der Waals surface area (Å²) in [7, 11) is 0. The van der Waals surface area contributed by atoms with Crippen LogP contribution in [0.5, 0.6) is 0 Å². The summed E-state index contributed by atoms with van der Waals surface area (Å²) in [6.07, 6.45) is 3.23. The number of nitrogens with one attached hydrogen (secondary N) is 1. The SMILES string of the molecule is N[C@@H]1CCO[C@H]1C1CCN(c2ccc3c(c2)C(=O)N(C2CCC(=O)NC2=O)C3=O)CC1. The van der Waals surface area contributed by atoms with Crippen LogP contribution in [0, 0.1) is 5.92 Å². The molecule has 0 aromatic heterocycles. The van der Waals surface area contributed by atoms with Gasteiger partial charge in [0.05, 0.1) is 17.2 Å². The molecule has 4 aliphatic rings. The molecule has 0 aliphatic carbocycles. The van der Waals surface area contributed by atoms with E-state index in [1.807, 2.05) is 6.07 Å². The molecular formula is C22H26N4O5. The maximum atomic E-state index is 13.0. The second kappa shape index (κ2) is 7.72. The van der Waals surface area contributed by atoms with Crippen LogP contribution in [0.15, 0.2) is 18.2 Å². The molecule has 1 aromatic carbocycles. The molecule has 0 saturated carbocycles. The summed E-state index contributed by atoms with van der Waals surface area (Å²) in [6.45, 7) is 2.39. The topological polar surface area (TPSA) is 122 Å². The third-order valence-electron chi connectivity index (χ3n) is 6.98. The van der Waals surface area contributed by atoms with E-state index in [0.717, 1.165) is 49.5 Å². The third kappa shape index (κ3) is 3.41. The molecule has 4 aliphatic heterocycles. The predicted molar refractivity (Wildman–Crippen MR) is 110 cm³/mol. The lowest BCUT2D eigenvalue weighted by Crippen LogP contribution is -2.54. The van der Waals surface area contributed by atoms with Gasteiger partial charge in [0.2, 0.25) is 11.8 Å². The van der Waals surface area contributed by atoms with Gasteiger partial charge < -0.3 is 15.4 Å². The van der Waals surface area contributed by atoms with Crippen molar-refractivity contribution in [3.8, 4) is 0 Å². The van der Waals surface area contributed by atoms with Gasteiger partial charge in [0, 0.05) is 37.8 Å². The molecule has 0 radical (unpaired) electrons. The van der Waals surface area contributed by atoms with Crippen LogP contribution < -0.4 is 16.0 Å². The quantitative estimate of drug-likeness (QED) is 0.672. The first-order valence-electron chi connectivity index (χ1n) is 10.9. The number of nitrogens with two attached hydrogens (primary N) is 1. The number of imide groups is 2. The van der Waals surface area contributed by atoms with Crippen molar-refractivity contribution in [3.63, 3.8) is 0 Å². The van der Waals surface area contributed by atoms with E-state index in [-0.39, 0.29) is 30.9 Å². The summed E-state index contributed by atoms with van der Waals surface area (Å²) in [5, 5.41) is 2.22. The van der Waals surface area contributed by atoms with Crippen molar-refractivity contribution in [1.82, 2.24) is 10.2 Å². The molecule has 3 N–H and O–H groups in total. The smallest absolute Gasteiger partial charge is 0.262 e. The monoisotopic (exact) mass is 426 g/mol. The molecule has 0 bridgehead atoms. The standard InChI is InChI=1S/C22H26N4O5/c23-16-7-10-31-19(16)12-5-8-25(9-6-12)13-1-2-14-15(11-13)22(30)26(21(14)29)17-3-4-18(27)24-20(17)28/h1-2,11-12,16-17,19H,3-10,23H2,(H,24,27,28)/t16-,17?,19+/m1/s1. The van der Waals surface area contributed by atoms with Gasteiger partial charge in [-0.15, -0.1) is 0 Å². The van der Waals surface area contributed by atoms with Crippen molar-refractivity contribution < 1.29 is 23.9 Å². The van der Waals surface area contributed by atoms with Gasteiger partial charge in [-0.2, -0.15) is 0 Å². The number of carbonyl (C=O) groups is 4. The second-order valence-corrected chi connectivity index (χ2v) is 8.79. The second-order valence-electron chi connectivity index (χ2n) is 8.79. The molecule has 3 atom stereocenters. The van der Waals surface area contributed by atoms with Gasteiger partial charge in [0.1, 0.15) is 6.04 Å². The van der Waals surface area contributed by atoms with Crippen molar-refractivity contribution in [3.05, 3.63) is 29.3 Å². The summed E-state index contributed by atoms with van der Waals surface area (Å²) in [5.41, 5.74) is 7.69. The highest BCUT2D eigenvalue weighted by molar-refractivity contribution is 6.23. The number of hydrogen-bond acceptors (Lipinski definition) is 7. The zero-order valence-electron chi connectivity index (χ0n) is 17.2. The Balaban J connectivity index is 1.31. The minimum atomic E-state index is -0.945. The molecular weight excluding hydrogens is 400 g/mol. The summed E-state index contributed by atoms with van der Waals surface area (Å²) >= 11 is 0. The number of nitrogens with zero attached hydrogens (tertiary/aromatic N) is 2. The zero-order valence-corrected chi connectivity index (χ0v) is 17.2. The molecule has 9 nitrogen and oxygen atoms in total. The molecule has 3 fully saturated rings. The molecule has 1 aromatic rings. The lowest BCUT2D eigenvalue weighted by Gasteiger charge is -2.36. The van der Waals surface area contributed by atoms with Crippen molar-refractivity contribution in [2.24, 2.45) is 11.7 Å². The highest BCUT2D eigenvalue weighted by Gasteiger charge is 2.45. The number of benzene rings is 1. The predicted octanol–water partition coefficient (Wildman–Crippen LogP) is 0.420. The molecule has 4 amide bonds. The van der Waals surface area contributed by atoms with E-state index < -0.39 is 23.8 Å². The Morgan fingerprint density at radius 1 is 0.968 bits per heavy atom. The summed E-state index contributed by atoms with van der Waals surface area (Å²) in [4.78, 5) is 52.7. The van der Waals surface area contributed by atoms with Gasteiger partial charge in [0.15, 0.2) is 0 Å². The first kappa shape index (κ1) is 20.1. The average molecular weight is 426 g/mol. The van der Waals surface area contributed by atoms with E-state index in [4.69, 9.17) is 10.5 Å². The molecule has 31 heavy (non-hydrogen) atoms. The molecule has 4 heterocycles. The van der Waals surface area contributed by atoms with Crippen LogP contribution >= 0.6 is 0 Å². The Morgan fingerprint density at radius 2 is 1.71 bits per heavy atom. The molecule has 1 unspecified atom stereocenters. The van der Waals surface area contributed by atoms with Crippen molar-refractivity contribution >= 4 is 29.3 Å². The maximum Gasteiger partial charge on any atom is 0.262 e. The fraction of sp³-hybridized carbons (Fsp3) is 0.545. The number of anilines is 1. The van der Waals surface area contributed by atoms with Gasteiger partial charge in [-0.05, 0) is 49.8 Å². The lowest BCUT2D eigenvalue weighted by atomic mass is 9.87. The van der Waals surface area contributed by atoms with Crippen LogP contribution in [0.1, 0.15) is 52.8 Å². The average Bonchev–Trinajstić information content (AvgIpc) is 3.30. The largest absolute Gasteiger partial charge is 0.376 e. The fourth-order valence-electron chi connectivity index (χ4n) is 5.26. The fourth-order valence-corrected chi connectivity index (χ4v) is 5.26. The minimum Gasteiger partial charge on any atom is -0.376 e. The van der Waals surface area contributed by atoms with E-state index in [9.17, 15) is 19.2 Å². The maximum absolute atomic E-state index is 13.0. The summed E-state index contributed by atoms with van der Waals surface area (Å²) in [6, 6.07) is 4.44. The number of ether oxygens (including phenoxy) is 1. The van der Waals surface area contributed by atoms with Gasteiger partial charge in [-0.1, -0.05) is 0 Å². The zero-order chi connectivity index (χ0) is 21.7. The van der Waals surface area contributed by atoms with Crippen LogP contribution in [-0.2, 0) is 14.3 Å². The van der Waals surface area contributed by atoms with Crippen LogP contribution in [0.2, 0.25) is 0 Å². The molecule has 164 valence electrons. The van der Waals surface area contributed by atoms with Crippen LogP contribution in [-0.4, -0.2) is 66.4 Å². The number of fused-ring (bicyclic) bond motifs is 1. The van der Waals surface area contributed by atoms with Gasteiger partial charge >= 0.3 is 0 Å². The highest BCUT2D eigenvalue weighted by atomic mass is 16.5. The molecule has 3 saturated heterocycles. The lowest BCUT2D eigenvalue weighted by molar-refractivity contribution is -0.136. The number of piperidine rings is 2. The van der Waals surface area contributed by atoms with E-state index in [2.05, 4.69) is 10.2 Å². The highest BCUT2D eigenvalue weighted by Crippen LogP contribution is 2.34. The molecule has 9 heteroatoms. The van der Waals surface area contributed by atoms with Crippen LogP contribution in [0.3, 0.4) is 0 Å². The Labute approximate surface area is 179 Å². The third-order valence-corrected chi connectivity index (χ3v) is 6.98. The first-order chi connectivity index (χ1) is 14.9. The Hall–Kier alpha value is -2.78. The minimum absolute atomic E-state index is 0.109. The van der Waals surface area contributed by atoms with Crippen molar-refractivity contribution in [2.75, 3.05) is 24.6 Å². The van der Waals surface area contributed by atoms with Crippen molar-refractivity contribution in [1.29, 1.82) is 0 Å². The number of carbonyl (C=O) groups excluding carboxylic acids is 4. The Morgan fingerprint density at radius 3 is 2.39 bits per heavy atom. The normalized spacial score (nSPS) is 29.5. The molecule has 0 spiro atoms. The van der Waals surface area contributed by atoms with E-state index in [1.54, 1.807) is 12.1 Å². The number of hydrogen-bond donors (Lipinski definition) is 2. The number of amides is 4. The number of rotatable bonds is 3. The van der Waals surface area contributed by atoms with Gasteiger partial charge in [-0.3, -0.25) is 29.4 Å². The van der Waals surface area contributed by atoms with E-state index >= 15 is 0 Å². The first-order valence-corrected chi connectivity index (χ1v) is 10.9. The van der Waals surface area contributed by atoms with Crippen LogP contribution in [0.4, 0.5) is 5.69 Å². The van der Waals surface area contributed by atoms with Gasteiger partial charge in [0.25, 0.3) is 11.8 Å². The Bertz CT molecular complexity index is 955. The van der Waals surface area contributed by atoms with E-state index in [0.29, 0.717) is 17.0 Å². The Kier molecular flexibility index (Phi) is 5.02. The summed E-state index contributed by atoms with van der Waals surface area (Å²) in [5.74, 6) is -1.49. The van der Waals surface area contributed by atoms with Gasteiger partial charge in [-0.25, -0.2) is 0 Å². The summed E-state index contributed by atoms with van der Waals surface area (Å²) < 4.78 is 5.83. The van der Waals surface area contributed by atoms with Crippen LogP contribution in [0.25, 0.3) is 0 Å². The van der Waals surface area contributed by atoms with E-state index in [1.165, 1.54) is 0 Å². The molecule has 5 rings (SSSR count). The van der Waals surface area contributed by atoms with Crippen molar-refractivity contribution in [2.45, 2.75) is 50.3 Å².